The van der Waals surface area contributed by atoms with E-state index < -0.39 is 0 Å². The first-order valence-corrected chi connectivity index (χ1v) is 9.56. The number of H-pyrrole nitrogens is 1. The number of nitrogens with one attached hydrogen (secondary N) is 1. The Hall–Kier alpha value is -1.61. The predicted octanol–water partition coefficient (Wildman–Crippen LogP) is 4.70. The molecular weight excluding hydrogens is 497 g/mol. The fourth-order valence-electron chi connectivity index (χ4n) is 2.70. The van der Waals surface area contributed by atoms with Crippen LogP contribution in [0.4, 0.5) is 0 Å². The molecular formula is C18H17BrIN3O2. The van der Waals surface area contributed by atoms with E-state index in [2.05, 4.69) is 32.1 Å². The lowest BCUT2D eigenvalue weighted by molar-refractivity contribution is 0.464. The third-order valence-electron chi connectivity index (χ3n) is 3.76. The number of aryl methyl sites for hydroxylation is 3. The number of ether oxygens (including phenoxy) is 1. The number of benzene rings is 1. The molecule has 2 aromatic heterocycles. The number of aromatic amines is 1. The molecule has 0 saturated heterocycles. The molecule has 0 spiro atoms. The number of hydrogen-bond acceptors (Lipinski definition) is 3. The summed E-state index contributed by atoms with van der Waals surface area (Å²) in [7, 11) is 0. The van der Waals surface area contributed by atoms with Gasteiger partial charge in [-0.05, 0) is 82.6 Å². The zero-order chi connectivity index (χ0) is 18.1. The van der Waals surface area contributed by atoms with Crippen molar-refractivity contribution in [2.75, 3.05) is 0 Å². The second kappa shape index (κ2) is 7.33. The van der Waals surface area contributed by atoms with Gasteiger partial charge in [0.1, 0.15) is 9.32 Å². The Labute approximate surface area is 167 Å². The molecule has 0 aliphatic heterocycles. The van der Waals surface area contributed by atoms with Crippen molar-refractivity contribution >= 4 is 38.5 Å². The van der Waals surface area contributed by atoms with Crippen molar-refractivity contribution in [2.24, 2.45) is 0 Å². The quantitative estimate of drug-likeness (QED) is 0.514. The monoisotopic (exact) mass is 513 g/mol. The molecule has 0 unspecified atom stereocenters. The summed E-state index contributed by atoms with van der Waals surface area (Å²) in [5, 5.41) is 4.30. The first-order chi connectivity index (χ1) is 11.8. The van der Waals surface area contributed by atoms with Crippen molar-refractivity contribution in [2.45, 2.75) is 27.3 Å². The SMILES string of the molecule is Cc1cc(C)cc(Oc2c(Cn3cc(Br)cn3)c(C)[nH]c(=O)c2I)c1. The Balaban J connectivity index is 2.08. The van der Waals surface area contributed by atoms with Crippen molar-refractivity contribution < 1.29 is 4.74 Å². The van der Waals surface area contributed by atoms with Crippen molar-refractivity contribution in [1.82, 2.24) is 14.8 Å². The lowest BCUT2D eigenvalue weighted by atomic mass is 10.1. The number of rotatable bonds is 4. The summed E-state index contributed by atoms with van der Waals surface area (Å²) in [5.41, 5.74) is 3.76. The summed E-state index contributed by atoms with van der Waals surface area (Å²) in [4.78, 5) is 15.1. The molecule has 2 heterocycles. The normalized spacial score (nSPS) is 10.9. The van der Waals surface area contributed by atoms with E-state index in [-0.39, 0.29) is 5.56 Å². The molecule has 0 amide bonds. The summed E-state index contributed by atoms with van der Waals surface area (Å²) >= 11 is 5.44. The van der Waals surface area contributed by atoms with E-state index in [1.807, 2.05) is 61.7 Å². The molecule has 0 bridgehead atoms. The van der Waals surface area contributed by atoms with Crippen LogP contribution in [0.5, 0.6) is 11.5 Å². The highest BCUT2D eigenvalue weighted by molar-refractivity contribution is 14.1. The molecule has 0 radical (unpaired) electrons. The second-order valence-electron chi connectivity index (χ2n) is 5.98. The van der Waals surface area contributed by atoms with Crippen LogP contribution < -0.4 is 10.3 Å². The average Bonchev–Trinajstić information content (AvgIpc) is 2.92. The minimum Gasteiger partial charge on any atom is -0.456 e. The van der Waals surface area contributed by atoms with Crippen molar-refractivity contribution in [3.05, 3.63) is 71.4 Å². The largest absolute Gasteiger partial charge is 0.456 e. The minimum absolute atomic E-state index is 0.150. The third kappa shape index (κ3) is 4.14. The molecule has 0 atom stereocenters. The average molecular weight is 514 g/mol. The zero-order valence-electron chi connectivity index (χ0n) is 14.1. The highest BCUT2D eigenvalue weighted by Gasteiger charge is 2.17. The van der Waals surface area contributed by atoms with Crippen LogP contribution in [-0.2, 0) is 6.54 Å². The third-order valence-corrected chi connectivity index (χ3v) is 5.15. The van der Waals surface area contributed by atoms with E-state index in [1.165, 1.54) is 0 Å². The molecule has 7 heteroatoms. The summed E-state index contributed by atoms with van der Waals surface area (Å²) in [6.45, 7) is 6.43. The summed E-state index contributed by atoms with van der Waals surface area (Å²) < 4.78 is 9.40. The van der Waals surface area contributed by atoms with Gasteiger partial charge in [-0.25, -0.2) is 0 Å². The van der Waals surface area contributed by atoms with Gasteiger partial charge in [-0.1, -0.05) is 6.07 Å². The van der Waals surface area contributed by atoms with Gasteiger partial charge in [0.2, 0.25) is 0 Å². The van der Waals surface area contributed by atoms with Gasteiger partial charge in [0.05, 0.1) is 17.2 Å². The zero-order valence-corrected chi connectivity index (χ0v) is 17.8. The molecule has 25 heavy (non-hydrogen) atoms. The fourth-order valence-corrected chi connectivity index (χ4v) is 3.60. The summed E-state index contributed by atoms with van der Waals surface area (Å²) in [5.74, 6) is 1.31. The number of aromatic nitrogens is 3. The predicted molar refractivity (Wildman–Crippen MR) is 110 cm³/mol. The lowest BCUT2D eigenvalue weighted by Crippen LogP contribution is -2.17. The van der Waals surface area contributed by atoms with Gasteiger partial charge in [-0.2, -0.15) is 5.10 Å². The topological polar surface area (TPSA) is 59.9 Å². The van der Waals surface area contributed by atoms with E-state index in [0.29, 0.717) is 15.9 Å². The van der Waals surface area contributed by atoms with Crippen LogP contribution in [-0.4, -0.2) is 14.8 Å². The Kier molecular flexibility index (Phi) is 5.33. The first-order valence-electron chi connectivity index (χ1n) is 7.69. The summed E-state index contributed by atoms with van der Waals surface area (Å²) in [6, 6.07) is 6.02. The molecule has 0 aliphatic carbocycles. The van der Waals surface area contributed by atoms with Gasteiger partial charge in [0, 0.05) is 17.5 Å². The Morgan fingerprint density at radius 2 is 1.92 bits per heavy atom. The van der Waals surface area contributed by atoms with Gasteiger partial charge >= 0.3 is 0 Å². The number of hydrogen-bond donors (Lipinski definition) is 1. The Bertz CT molecular complexity index is 974. The molecule has 1 N–H and O–H groups in total. The van der Waals surface area contributed by atoms with Gasteiger partial charge in [0.15, 0.2) is 5.75 Å². The molecule has 0 fully saturated rings. The number of halogens is 2. The van der Waals surface area contributed by atoms with Crippen LogP contribution in [0.3, 0.4) is 0 Å². The highest BCUT2D eigenvalue weighted by atomic mass is 127. The minimum atomic E-state index is -0.150. The molecule has 1 aromatic carbocycles. The number of pyridine rings is 1. The molecule has 3 aromatic rings. The van der Waals surface area contributed by atoms with Crippen molar-refractivity contribution in [1.29, 1.82) is 0 Å². The standard InChI is InChI=1S/C18H17BrIN3O2/c1-10-4-11(2)6-14(5-10)25-17-15(9-23-8-13(19)7-21-23)12(3)22-18(24)16(17)20/h4-8H,9H2,1-3H3,(H,22,24). The molecule has 3 rings (SSSR count). The van der Waals surface area contributed by atoms with E-state index in [1.54, 1.807) is 10.9 Å². The second-order valence-corrected chi connectivity index (χ2v) is 7.98. The maximum Gasteiger partial charge on any atom is 0.265 e. The van der Waals surface area contributed by atoms with Crippen LogP contribution in [0.15, 0.2) is 39.9 Å². The molecule has 0 aliphatic rings. The smallest absolute Gasteiger partial charge is 0.265 e. The highest BCUT2D eigenvalue weighted by Crippen LogP contribution is 2.31. The van der Waals surface area contributed by atoms with Crippen LogP contribution >= 0.6 is 38.5 Å². The molecule has 130 valence electrons. The van der Waals surface area contributed by atoms with Crippen LogP contribution in [0.25, 0.3) is 0 Å². The maximum absolute atomic E-state index is 12.2. The van der Waals surface area contributed by atoms with Crippen molar-refractivity contribution in [3.63, 3.8) is 0 Å². The first kappa shape index (κ1) is 18.2. The van der Waals surface area contributed by atoms with Gasteiger partial charge in [0.25, 0.3) is 5.56 Å². The van der Waals surface area contributed by atoms with Crippen molar-refractivity contribution in [3.8, 4) is 11.5 Å². The van der Waals surface area contributed by atoms with Crippen LogP contribution in [0, 0.1) is 24.3 Å². The fraction of sp³-hybridized carbons (Fsp3) is 0.222. The van der Waals surface area contributed by atoms with E-state index >= 15 is 0 Å². The van der Waals surface area contributed by atoms with Crippen LogP contribution in [0.1, 0.15) is 22.4 Å². The number of nitrogens with zero attached hydrogens (tertiary/aromatic N) is 2. The molecule has 5 nitrogen and oxygen atoms in total. The Morgan fingerprint density at radius 1 is 1.24 bits per heavy atom. The van der Waals surface area contributed by atoms with E-state index in [9.17, 15) is 4.79 Å². The molecule has 0 saturated carbocycles. The van der Waals surface area contributed by atoms with Gasteiger partial charge < -0.3 is 9.72 Å². The lowest BCUT2D eigenvalue weighted by Gasteiger charge is -2.16. The van der Waals surface area contributed by atoms with E-state index in [4.69, 9.17) is 4.74 Å². The summed E-state index contributed by atoms with van der Waals surface area (Å²) in [6.07, 6.45) is 3.62. The maximum atomic E-state index is 12.2. The van der Waals surface area contributed by atoms with Gasteiger partial charge in [-0.3, -0.25) is 9.48 Å². The van der Waals surface area contributed by atoms with Crippen LogP contribution in [0.2, 0.25) is 0 Å². The Morgan fingerprint density at radius 3 is 2.52 bits per heavy atom. The van der Waals surface area contributed by atoms with E-state index in [0.717, 1.165) is 32.6 Å². The van der Waals surface area contributed by atoms with Gasteiger partial charge in [-0.15, -0.1) is 0 Å².